The average Bonchev–Trinajstić information content (AvgIpc) is 2.51. The first-order valence-corrected chi connectivity index (χ1v) is 7.59. The number of aliphatic carboxylic acids is 1. The molecule has 120 valence electrons. The minimum absolute atomic E-state index is 0.107. The Morgan fingerprint density at radius 1 is 1.04 bits per heavy atom. The van der Waals surface area contributed by atoms with Crippen molar-refractivity contribution in [3.63, 3.8) is 0 Å². The molecule has 0 heterocycles. The summed E-state index contributed by atoms with van der Waals surface area (Å²) in [5, 5.41) is 12.1. The molecular weight excluding hydrogens is 290 g/mol. The first kappa shape index (κ1) is 16.7. The number of hydrogen-bond donors (Lipinski definition) is 2. The zero-order chi connectivity index (χ0) is 16.8. The maximum Gasteiger partial charge on any atom is 0.308 e. The molecule has 23 heavy (non-hydrogen) atoms. The van der Waals surface area contributed by atoms with Crippen LogP contribution in [0, 0.1) is 19.8 Å². The number of carbonyl (C=O) groups excluding carboxylic acids is 1. The van der Waals surface area contributed by atoms with Gasteiger partial charge in [0.1, 0.15) is 0 Å². The van der Waals surface area contributed by atoms with Crippen LogP contribution in [0.25, 0.3) is 0 Å². The second-order valence-corrected chi connectivity index (χ2v) is 5.80. The van der Waals surface area contributed by atoms with Crippen molar-refractivity contribution in [3.8, 4) is 0 Å². The molecule has 0 aliphatic rings. The lowest BCUT2D eigenvalue weighted by Crippen LogP contribution is -2.34. The summed E-state index contributed by atoms with van der Waals surface area (Å²) in [6.45, 7) is 4.03. The predicted octanol–water partition coefficient (Wildman–Crippen LogP) is 2.98. The molecule has 1 amide bonds. The third-order valence-corrected chi connectivity index (χ3v) is 3.74. The number of aryl methyl sites for hydroxylation is 2. The van der Waals surface area contributed by atoms with Crippen molar-refractivity contribution in [2.45, 2.75) is 20.3 Å². The normalized spacial score (nSPS) is 11.7. The van der Waals surface area contributed by atoms with Crippen LogP contribution >= 0.6 is 0 Å². The minimum Gasteiger partial charge on any atom is -0.481 e. The third-order valence-electron chi connectivity index (χ3n) is 3.74. The van der Waals surface area contributed by atoms with E-state index in [1.165, 1.54) is 0 Å². The van der Waals surface area contributed by atoms with E-state index in [-0.39, 0.29) is 12.5 Å². The van der Waals surface area contributed by atoms with E-state index in [1.54, 1.807) is 12.1 Å². The Kier molecular flexibility index (Phi) is 5.52. The molecular formula is C19H21NO3. The van der Waals surface area contributed by atoms with E-state index in [1.807, 2.05) is 50.2 Å². The molecule has 0 aliphatic carbocycles. The average molecular weight is 311 g/mol. The molecule has 2 aromatic rings. The number of carbonyl (C=O) groups is 2. The second kappa shape index (κ2) is 7.58. The predicted molar refractivity (Wildman–Crippen MR) is 89.5 cm³/mol. The van der Waals surface area contributed by atoms with Gasteiger partial charge in [0.15, 0.2) is 0 Å². The van der Waals surface area contributed by atoms with E-state index < -0.39 is 11.9 Å². The summed E-state index contributed by atoms with van der Waals surface area (Å²) in [6, 6.07) is 14.9. The highest BCUT2D eigenvalue weighted by Gasteiger charge is 2.19. The standard InChI is InChI=1S/C19H21NO3/c1-13-6-8-16(9-7-13)18(21)20-12-17(19(22)23)11-15-5-3-4-14(2)10-15/h3-10,17H,11-12H2,1-2H3,(H,20,21)(H,22,23). The van der Waals surface area contributed by atoms with Gasteiger partial charge in [0.25, 0.3) is 5.91 Å². The van der Waals surface area contributed by atoms with Crippen LogP contribution < -0.4 is 5.32 Å². The van der Waals surface area contributed by atoms with Crippen molar-refractivity contribution in [3.05, 3.63) is 70.8 Å². The van der Waals surface area contributed by atoms with Gasteiger partial charge in [0.2, 0.25) is 0 Å². The molecule has 1 unspecified atom stereocenters. The Labute approximate surface area is 136 Å². The van der Waals surface area contributed by atoms with Crippen LogP contribution in [0.5, 0.6) is 0 Å². The minimum atomic E-state index is -0.907. The van der Waals surface area contributed by atoms with Gasteiger partial charge in [-0.3, -0.25) is 9.59 Å². The lowest BCUT2D eigenvalue weighted by molar-refractivity contribution is -0.141. The van der Waals surface area contributed by atoms with Crippen LogP contribution in [0.3, 0.4) is 0 Å². The molecule has 0 radical (unpaired) electrons. The van der Waals surface area contributed by atoms with Gasteiger partial charge in [0.05, 0.1) is 5.92 Å². The zero-order valence-electron chi connectivity index (χ0n) is 13.4. The molecule has 0 saturated heterocycles. The maximum absolute atomic E-state index is 12.1. The van der Waals surface area contributed by atoms with E-state index in [0.29, 0.717) is 12.0 Å². The molecule has 2 rings (SSSR count). The van der Waals surface area contributed by atoms with Gasteiger partial charge in [-0.25, -0.2) is 0 Å². The molecule has 0 fully saturated rings. The molecule has 0 aliphatic heterocycles. The number of benzene rings is 2. The van der Waals surface area contributed by atoms with Crippen molar-refractivity contribution in [2.24, 2.45) is 5.92 Å². The zero-order valence-corrected chi connectivity index (χ0v) is 13.4. The Hall–Kier alpha value is -2.62. The summed E-state index contributed by atoms with van der Waals surface area (Å²) < 4.78 is 0. The number of rotatable bonds is 6. The van der Waals surface area contributed by atoms with E-state index in [2.05, 4.69) is 5.32 Å². The molecule has 0 aromatic heterocycles. The molecule has 2 N–H and O–H groups in total. The lowest BCUT2D eigenvalue weighted by Gasteiger charge is -2.14. The fraction of sp³-hybridized carbons (Fsp3) is 0.263. The van der Waals surface area contributed by atoms with Crippen LogP contribution in [0.1, 0.15) is 27.0 Å². The number of hydrogen-bond acceptors (Lipinski definition) is 2. The molecule has 2 aromatic carbocycles. The van der Waals surface area contributed by atoms with Gasteiger partial charge in [-0.15, -0.1) is 0 Å². The van der Waals surface area contributed by atoms with E-state index in [9.17, 15) is 14.7 Å². The van der Waals surface area contributed by atoms with Crippen LogP contribution in [0.2, 0.25) is 0 Å². The van der Waals surface area contributed by atoms with Gasteiger partial charge in [-0.1, -0.05) is 47.5 Å². The number of nitrogens with one attached hydrogen (secondary N) is 1. The SMILES string of the molecule is Cc1ccc(C(=O)NCC(Cc2cccc(C)c2)C(=O)O)cc1. The second-order valence-electron chi connectivity index (χ2n) is 5.80. The van der Waals surface area contributed by atoms with Gasteiger partial charge in [-0.2, -0.15) is 0 Å². The molecule has 0 saturated carbocycles. The van der Waals surface area contributed by atoms with Gasteiger partial charge in [0, 0.05) is 12.1 Å². The quantitative estimate of drug-likeness (QED) is 0.862. The molecule has 4 heteroatoms. The molecule has 0 bridgehead atoms. The Balaban J connectivity index is 1.98. The highest BCUT2D eigenvalue weighted by Crippen LogP contribution is 2.11. The van der Waals surface area contributed by atoms with Crippen molar-refractivity contribution in [1.82, 2.24) is 5.32 Å². The summed E-state index contributed by atoms with van der Waals surface area (Å²) in [5.41, 5.74) is 3.66. The van der Waals surface area contributed by atoms with E-state index >= 15 is 0 Å². The van der Waals surface area contributed by atoms with Gasteiger partial charge in [-0.05, 0) is 38.0 Å². The molecule has 0 spiro atoms. The van der Waals surface area contributed by atoms with E-state index in [0.717, 1.165) is 16.7 Å². The van der Waals surface area contributed by atoms with Crippen molar-refractivity contribution in [1.29, 1.82) is 0 Å². The smallest absolute Gasteiger partial charge is 0.308 e. The van der Waals surface area contributed by atoms with Crippen LogP contribution in [0.4, 0.5) is 0 Å². The first-order chi connectivity index (χ1) is 11.0. The van der Waals surface area contributed by atoms with Crippen molar-refractivity contribution >= 4 is 11.9 Å². The van der Waals surface area contributed by atoms with Gasteiger partial charge < -0.3 is 10.4 Å². The Morgan fingerprint density at radius 3 is 2.35 bits per heavy atom. The van der Waals surface area contributed by atoms with Crippen LogP contribution in [-0.2, 0) is 11.2 Å². The summed E-state index contributed by atoms with van der Waals surface area (Å²) >= 11 is 0. The number of amides is 1. The topological polar surface area (TPSA) is 66.4 Å². The number of carboxylic acid groups (broad SMARTS) is 1. The highest BCUT2D eigenvalue weighted by atomic mass is 16.4. The van der Waals surface area contributed by atoms with Crippen molar-refractivity contribution in [2.75, 3.05) is 6.54 Å². The summed E-state index contributed by atoms with van der Waals surface area (Å²) in [5.74, 6) is -1.80. The lowest BCUT2D eigenvalue weighted by atomic mass is 9.98. The fourth-order valence-corrected chi connectivity index (χ4v) is 2.39. The maximum atomic E-state index is 12.1. The van der Waals surface area contributed by atoms with E-state index in [4.69, 9.17) is 0 Å². The Morgan fingerprint density at radius 2 is 1.74 bits per heavy atom. The molecule has 1 atom stereocenters. The summed E-state index contributed by atoms with van der Waals surface area (Å²) in [6.07, 6.45) is 0.394. The summed E-state index contributed by atoms with van der Waals surface area (Å²) in [7, 11) is 0. The highest BCUT2D eigenvalue weighted by molar-refractivity contribution is 5.94. The van der Waals surface area contributed by atoms with Crippen LogP contribution in [0.15, 0.2) is 48.5 Å². The third kappa shape index (κ3) is 4.95. The largest absolute Gasteiger partial charge is 0.481 e. The Bertz CT molecular complexity index is 692. The summed E-state index contributed by atoms with van der Waals surface area (Å²) in [4.78, 5) is 23.5. The fourth-order valence-electron chi connectivity index (χ4n) is 2.39. The van der Waals surface area contributed by atoms with Crippen LogP contribution in [-0.4, -0.2) is 23.5 Å². The molecule has 4 nitrogen and oxygen atoms in total. The number of carboxylic acids is 1. The van der Waals surface area contributed by atoms with Gasteiger partial charge >= 0.3 is 5.97 Å². The van der Waals surface area contributed by atoms with Crippen molar-refractivity contribution < 1.29 is 14.7 Å². The monoisotopic (exact) mass is 311 g/mol. The first-order valence-electron chi connectivity index (χ1n) is 7.59.